The Morgan fingerprint density at radius 3 is 2.28 bits per heavy atom. The van der Waals surface area contributed by atoms with Crippen LogP contribution >= 0.6 is 0 Å². The molecule has 0 aromatic heterocycles. The zero-order chi connectivity index (χ0) is 13.5. The molecular formula is C16H27NO. The van der Waals surface area contributed by atoms with Crippen LogP contribution in [0.2, 0.25) is 0 Å². The Bertz CT molecular complexity index is 347. The lowest BCUT2D eigenvalue weighted by atomic mass is 10.1. The van der Waals surface area contributed by atoms with Gasteiger partial charge < -0.3 is 10.1 Å². The quantitative estimate of drug-likeness (QED) is 0.788. The van der Waals surface area contributed by atoms with Crippen molar-refractivity contribution in [2.24, 2.45) is 11.8 Å². The standard InChI is InChI=1S/C16H27NO/c1-12(2)10-17-14(5)15-8-6-7-9-16(15)18-11-13(3)4/h6-9,12-14,17H,10-11H2,1-5H3/t14-/m1/s1. The summed E-state index contributed by atoms with van der Waals surface area (Å²) in [7, 11) is 0. The molecule has 0 heterocycles. The highest BCUT2D eigenvalue weighted by atomic mass is 16.5. The van der Waals surface area contributed by atoms with Crippen molar-refractivity contribution in [3.8, 4) is 5.75 Å². The molecule has 102 valence electrons. The van der Waals surface area contributed by atoms with Crippen LogP contribution in [0.4, 0.5) is 0 Å². The minimum Gasteiger partial charge on any atom is -0.493 e. The molecule has 0 bridgehead atoms. The van der Waals surface area contributed by atoms with E-state index in [4.69, 9.17) is 4.74 Å². The van der Waals surface area contributed by atoms with E-state index in [2.05, 4.69) is 58.1 Å². The highest BCUT2D eigenvalue weighted by molar-refractivity contribution is 5.35. The highest BCUT2D eigenvalue weighted by Crippen LogP contribution is 2.25. The minimum absolute atomic E-state index is 0.329. The SMILES string of the molecule is CC(C)CN[C@H](C)c1ccccc1OCC(C)C. The Morgan fingerprint density at radius 1 is 1.00 bits per heavy atom. The summed E-state index contributed by atoms with van der Waals surface area (Å²) in [4.78, 5) is 0. The Labute approximate surface area is 112 Å². The van der Waals surface area contributed by atoms with Gasteiger partial charge in [-0.3, -0.25) is 0 Å². The molecule has 0 amide bonds. The third-order valence-electron chi connectivity index (χ3n) is 2.79. The molecule has 0 spiro atoms. The molecule has 0 unspecified atom stereocenters. The van der Waals surface area contributed by atoms with Gasteiger partial charge in [-0.15, -0.1) is 0 Å². The molecule has 0 aliphatic carbocycles. The van der Waals surface area contributed by atoms with Crippen molar-refractivity contribution in [3.05, 3.63) is 29.8 Å². The largest absolute Gasteiger partial charge is 0.493 e. The van der Waals surface area contributed by atoms with Crippen molar-refractivity contribution in [2.45, 2.75) is 40.7 Å². The van der Waals surface area contributed by atoms with Crippen LogP contribution < -0.4 is 10.1 Å². The fourth-order valence-corrected chi connectivity index (χ4v) is 1.75. The number of para-hydroxylation sites is 1. The van der Waals surface area contributed by atoms with Crippen molar-refractivity contribution < 1.29 is 4.74 Å². The van der Waals surface area contributed by atoms with Gasteiger partial charge in [0, 0.05) is 11.6 Å². The summed E-state index contributed by atoms with van der Waals surface area (Å²) in [5.41, 5.74) is 1.25. The number of rotatable bonds is 7. The van der Waals surface area contributed by atoms with Gasteiger partial charge in [-0.2, -0.15) is 0 Å². The lowest BCUT2D eigenvalue weighted by Gasteiger charge is -2.20. The van der Waals surface area contributed by atoms with Gasteiger partial charge in [-0.25, -0.2) is 0 Å². The van der Waals surface area contributed by atoms with E-state index >= 15 is 0 Å². The van der Waals surface area contributed by atoms with E-state index in [0.717, 1.165) is 18.9 Å². The first-order chi connectivity index (χ1) is 8.50. The van der Waals surface area contributed by atoms with Crippen molar-refractivity contribution in [1.29, 1.82) is 0 Å². The van der Waals surface area contributed by atoms with Gasteiger partial charge in [0.2, 0.25) is 0 Å². The zero-order valence-electron chi connectivity index (χ0n) is 12.4. The van der Waals surface area contributed by atoms with Crippen LogP contribution in [0.5, 0.6) is 5.75 Å². The molecule has 1 aromatic carbocycles. The number of hydrogen-bond donors (Lipinski definition) is 1. The minimum atomic E-state index is 0.329. The molecule has 1 N–H and O–H groups in total. The van der Waals surface area contributed by atoms with Gasteiger partial charge in [-0.1, -0.05) is 45.9 Å². The second-order valence-corrected chi connectivity index (χ2v) is 5.77. The van der Waals surface area contributed by atoms with E-state index in [0.29, 0.717) is 17.9 Å². The monoisotopic (exact) mass is 249 g/mol. The van der Waals surface area contributed by atoms with Crippen LogP contribution in [0.3, 0.4) is 0 Å². The Morgan fingerprint density at radius 2 is 1.67 bits per heavy atom. The first kappa shape index (κ1) is 15.0. The van der Waals surface area contributed by atoms with E-state index in [1.165, 1.54) is 5.56 Å². The summed E-state index contributed by atoms with van der Waals surface area (Å²) in [5.74, 6) is 2.23. The summed E-state index contributed by atoms with van der Waals surface area (Å²) < 4.78 is 5.89. The first-order valence-electron chi connectivity index (χ1n) is 6.95. The average molecular weight is 249 g/mol. The topological polar surface area (TPSA) is 21.3 Å². The average Bonchev–Trinajstić information content (AvgIpc) is 2.33. The smallest absolute Gasteiger partial charge is 0.124 e. The number of benzene rings is 1. The molecule has 0 fully saturated rings. The number of nitrogens with one attached hydrogen (secondary N) is 1. The molecule has 0 radical (unpaired) electrons. The maximum Gasteiger partial charge on any atom is 0.124 e. The number of hydrogen-bond acceptors (Lipinski definition) is 2. The molecule has 1 aromatic rings. The first-order valence-corrected chi connectivity index (χ1v) is 6.95. The molecule has 0 saturated carbocycles. The fourth-order valence-electron chi connectivity index (χ4n) is 1.75. The Hall–Kier alpha value is -1.02. The van der Waals surface area contributed by atoms with E-state index in [-0.39, 0.29) is 0 Å². The molecule has 1 atom stereocenters. The summed E-state index contributed by atoms with van der Waals surface area (Å²) in [6, 6.07) is 8.65. The second kappa shape index (κ2) is 7.42. The van der Waals surface area contributed by atoms with Gasteiger partial charge >= 0.3 is 0 Å². The summed E-state index contributed by atoms with van der Waals surface area (Å²) in [6.07, 6.45) is 0. The molecule has 1 rings (SSSR count). The lowest BCUT2D eigenvalue weighted by Crippen LogP contribution is -2.23. The van der Waals surface area contributed by atoms with Gasteiger partial charge in [-0.05, 0) is 31.4 Å². The maximum absolute atomic E-state index is 5.89. The van der Waals surface area contributed by atoms with Crippen molar-refractivity contribution in [2.75, 3.05) is 13.2 Å². The molecule has 0 aliphatic heterocycles. The summed E-state index contributed by atoms with van der Waals surface area (Å²) in [5, 5.41) is 3.55. The predicted octanol–water partition coefficient (Wildman–Crippen LogP) is 4.03. The Balaban J connectivity index is 2.68. The third kappa shape index (κ3) is 5.09. The molecule has 0 saturated heterocycles. The summed E-state index contributed by atoms with van der Waals surface area (Å²) in [6.45, 7) is 12.8. The van der Waals surface area contributed by atoms with Gasteiger partial charge in [0.05, 0.1) is 6.61 Å². The van der Waals surface area contributed by atoms with Crippen molar-refractivity contribution in [3.63, 3.8) is 0 Å². The predicted molar refractivity (Wildman–Crippen MR) is 78.0 cm³/mol. The molecular weight excluding hydrogens is 222 g/mol. The van der Waals surface area contributed by atoms with Gasteiger partial charge in [0.1, 0.15) is 5.75 Å². The molecule has 2 heteroatoms. The van der Waals surface area contributed by atoms with E-state index in [9.17, 15) is 0 Å². The van der Waals surface area contributed by atoms with Crippen molar-refractivity contribution in [1.82, 2.24) is 5.32 Å². The lowest BCUT2D eigenvalue weighted by molar-refractivity contribution is 0.266. The fraction of sp³-hybridized carbons (Fsp3) is 0.625. The van der Waals surface area contributed by atoms with E-state index < -0.39 is 0 Å². The third-order valence-corrected chi connectivity index (χ3v) is 2.79. The maximum atomic E-state index is 5.89. The molecule has 0 aliphatic rings. The van der Waals surface area contributed by atoms with Crippen LogP contribution in [0.15, 0.2) is 24.3 Å². The van der Waals surface area contributed by atoms with Gasteiger partial charge in [0.15, 0.2) is 0 Å². The normalized spacial score (nSPS) is 13.1. The van der Waals surface area contributed by atoms with E-state index in [1.54, 1.807) is 0 Å². The van der Waals surface area contributed by atoms with Crippen LogP contribution in [0.1, 0.15) is 46.2 Å². The summed E-state index contributed by atoms with van der Waals surface area (Å²) >= 11 is 0. The van der Waals surface area contributed by atoms with Crippen LogP contribution in [-0.4, -0.2) is 13.2 Å². The number of ether oxygens (including phenoxy) is 1. The van der Waals surface area contributed by atoms with Crippen LogP contribution in [0.25, 0.3) is 0 Å². The van der Waals surface area contributed by atoms with Crippen LogP contribution in [-0.2, 0) is 0 Å². The van der Waals surface area contributed by atoms with Gasteiger partial charge in [0.25, 0.3) is 0 Å². The second-order valence-electron chi connectivity index (χ2n) is 5.77. The highest BCUT2D eigenvalue weighted by Gasteiger charge is 2.11. The van der Waals surface area contributed by atoms with E-state index in [1.807, 2.05) is 6.07 Å². The van der Waals surface area contributed by atoms with Crippen molar-refractivity contribution >= 4 is 0 Å². The Kier molecular flexibility index (Phi) is 6.20. The zero-order valence-corrected chi connectivity index (χ0v) is 12.4. The van der Waals surface area contributed by atoms with Crippen LogP contribution in [0, 0.1) is 11.8 Å². The molecule has 2 nitrogen and oxygen atoms in total. The molecule has 18 heavy (non-hydrogen) atoms.